The summed E-state index contributed by atoms with van der Waals surface area (Å²) in [4.78, 5) is 32.8. The third kappa shape index (κ3) is 5.58. The molecule has 0 spiro atoms. The first kappa shape index (κ1) is 21.0. The highest BCUT2D eigenvalue weighted by Gasteiger charge is 2.28. The summed E-state index contributed by atoms with van der Waals surface area (Å²) in [5.74, 6) is 0.165. The molecule has 0 radical (unpaired) electrons. The lowest BCUT2D eigenvalue weighted by Gasteiger charge is -2.28. The summed E-state index contributed by atoms with van der Waals surface area (Å²) in [6.07, 6.45) is 0.269. The maximum Gasteiger partial charge on any atom is 0.416 e. The zero-order valence-electron chi connectivity index (χ0n) is 15.5. The lowest BCUT2D eigenvalue weighted by Crippen LogP contribution is -2.39. The summed E-state index contributed by atoms with van der Waals surface area (Å²) in [7, 11) is 1.36. The zero-order chi connectivity index (χ0) is 20.2. The number of methoxy groups -OCH3 is 1. The molecule has 0 N–H and O–H groups in total. The number of aldehydes is 1. The average molecular weight is 398 g/mol. The highest BCUT2D eigenvalue weighted by molar-refractivity contribution is 6.31. The molecule has 0 fully saturated rings. The van der Waals surface area contributed by atoms with E-state index in [1.54, 1.807) is 20.8 Å². The summed E-state index contributed by atoms with van der Waals surface area (Å²) in [5.41, 5.74) is -0.116. The van der Waals surface area contributed by atoms with Gasteiger partial charge in [-0.2, -0.15) is 0 Å². The van der Waals surface area contributed by atoms with Crippen LogP contribution in [0.2, 0.25) is 5.15 Å². The van der Waals surface area contributed by atoms with Gasteiger partial charge in [-0.05, 0) is 44.6 Å². The van der Waals surface area contributed by atoms with Gasteiger partial charge in [-0.15, -0.1) is 0 Å². The van der Waals surface area contributed by atoms with Crippen LogP contribution in [-0.2, 0) is 9.47 Å². The Bertz CT molecular complexity index is 776. The molecule has 7 nitrogen and oxygen atoms in total. The number of halogens is 2. The first-order valence-electron chi connectivity index (χ1n) is 8.17. The van der Waals surface area contributed by atoms with Gasteiger partial charge in [-0.3, -0.25) is 14.7 Å². The van der Waals surface area contributed by atoms with Gasteiger partial charge >= 0.3 is 6.09 Å². The van der Waals surface area contributed by atoms with Crippen molar-refractivity contribution in [2.75, 3.05) is 18.6 Å². The Morgan fingerprint density at radius 3 is 2.63 bits per heavy atom. The minimum atomic E-state index is -1.44. The van der Waals surface area contributed by atoms with Gasteiger partial charge in [-0.25, -0.2) is 14.2 Å². The molecule has 1 aliphatic rings. The molecule has 9 heteroatoms. The first-order chi connectivity index (χ1) is 12.6. The molecule has 27 heavy (non-hydrogen) atoms. The number of carbonyl (C=O) groups excluding carboxylic acids is 2. The van der Waals surface area contributed by atoms with Crippen molar-refractivity contribution < 1.29 is 23.5 Å². The third-order valence-corrected chi connectivity index (χ3v) is 3.80. The number of ether oxygens (including phenoxy) is 2. The number of rotatable bonds is 5. The number of amides is 1. The van der Waals surface area contributed by atoms with Crippen LogP contribution in [0.1, 0.15) is 31.1 Å². The van der Waals surface area contributed by atoms with Crippen molar-refractivity contribution in [2.24, 2.45) is 4.99 Å². The van der Waals surface area contributed by atoms with Crippen LogP contribution in [0.25, 0.3) is 0 Å². The molecule has 1 amide bonds. The van der Waals surface area contributed by atoms with Gasteiger partial charge < -0.3 is 9.47 Å². The van der Waals surface area contributed by atoms with E-state index in [-0.39, 0.29) is 23.1 Å². The third-order valence-electron chi connectivity index (χ3n) is 3.50. The molecule has 0 aliphatic carbocycles. The van der Waals surface area contributed by atoms with Crippen LogP contribution in [0.3, 0.4) is 0 Å². The van der Waals surface area contributed by atoms with Gasteiger partial charge in [-0.1, -0.05) is 11.6 Å². The number of anilines is 1. The van der Waals surface area contributed by atoms with Crippen LogP contribution < -0.4 is 4.90 Å². The lowest BCUT2D eigenvalue weighted by atomic mass is 10.1. The molecule has 2 atom stereocenters. The smallest absolute Gasteiger partial charge is 0.416 e. The van der Waals surface area contributed by atoms with E-state index < -0.39 is 24.1 Å². The Labute approximate surface area is 161 Å². The van der Waals surface area contributed by atoms with Crippen molar-refractivity contribution in [3.05, 3.63) is 34.5 Å². The summed E-state index contributed by atoms with van der Waals surface area (Å²) in [6, 6.07) is 2.90. The van der Waals surface area contributed by atoms with E-state index in [9.17, 15) is 14.0 Å². The highest BCUT2D eigenvalue weighted by atomic mass is 35.5. The highest BCUT2D eigenvalue weighted by Crippen LogP contribution is 2.23. The van der Waals surface area contributed by atoms with Crippen LogP contribution in [0.15, 0.2) is 28.8 Å². The summed E-state index contributed by atoms with van der Waals surface area (Å²) < 4.78 is 24.4. The Kier molecular flexibility index (Phi) is 6.67. The Balaban J connectivity index is 2.33. The van der Waals surface area contributed by atoms with Gasteiger partial charge in [0.25, 0.3) is 0 Å². The predicted molar refractivity (Wildman–Crippen MR) is 100 cm³/mol. The number of dihydropyridines is 1. The number of alkyl halides is 1. The van der Waals surface area contributed by atoms with E-state index in [4.69, 9.17) is 21.1 Å². The van der Waals surface area contributed by atoms with E-state index in [0.29, 0.717) is 11.9 Å². The molecule has 1 aromatic rings. The van der Waals surface area contributed by atoms with E-state index >= 15 is 0 Å². The number of hydrogen-bond donors (Lipinski definition) is 0. The quantitative estimate of drug-likeness (QED) is 0.560. The molecule has 0 aromatic carbocycles. The van der Waals surface area contributed by atoms with Crippen LogP contribution in [0.5, 0.6) is 0 Å². The van der Waals surface area contributed by atoms with E-state index in [1.165, 1.54) is 36.4 Å². The molecule has 1 aliphatic heterocycles. The molecular formula is C18H21ClFN3O4. The number of carbonyl (C=O) groups is 2. The Hall–Kier alpha value is -2.32. The number of pyridine rings is 1. The van der Waals surface area contributed by atoms with Crippen molar-refractivity contribution >= 4 is 36.0 Å². The molecule has 146 valence electrons. The van der Waals surface area contributed by atoms with Crippen molar-refractivity contribution in [2.45, 2.75) is 38.8 Å². The van der Waals surface area contributed by atoms with Gasteiger partial charge in [0.1, 0.15) is 16.6 Å². The van der Waals surface area contributed by atoms with Crippen molar-refractivity contribution in [3.8, 4) is 0 Å². The molecule has 0 saturated heterocycles. The predicted octanol–water partition coefficient (Wildman–Crippen LogP) is 3.61. The summed E-state index contributed by atoms with van der Waals surface area (Å²) in [6.45, 7) is 5.13. The monoisotopic (exact) mass is 397 g/mol. The Morgan fingerprint density at radius 1 is 1.41 bits per heavy atom. The second-order valence-corrected chi connectivity index (χ2v) is 7.18. The number of aliphatic imine (C=N–C) groups is 1. The standard InChI is InChI=1S/C18H21ClFN3O4/c1-18(2,3)27-17(25)23(14-6-5-12(10-24)15(19)22-14)9-11-7-13(20)16(26-4)21-8-11/h5-8,10,13,16H,9H2,1-4H3. The lowest BCUT2D eigenvalue weighted by molar-refractivity contribution is 0.0564. The van der Waals surface area contributed by atoms with Crippen molar-refractivity contribution in [1.29, 1.82) is 0 Å². The van der Waals surface area contributed by atoms with Crippen LogP contribution in [0.4, 0.5) is 15.0 Å². The van der Waals surface area contributed by atoms with Crippen LogP contribution >= 0.6 is 11.6 Å². The molecular weight excluding hydrogens is 377 g/mol. The molecule has 0 saturated carbocycles. The fraction of sp³-hybridized carbons (Fsp3) is 0.444. The fourth-order valence-electron chi connectivity index (χ4n) is 2.28. The topological polar surface area (TPSA) is 81.1 Å². The second-order valence-electron chi connectivity index (χ2n) is 6.82. The molecule has 0 bridgehead atoms. The van der Waals surface area contributed by atoms with Crippen molar-refractivity contribution in [3.63, 3.8) is 0 Å². The molecule has 2 heterocycles. The number of hydrogen-bond acceptors (Lipinski definition) is 6. The van der Waals surface area contributed by atoms with Crippen LogP contribution in [0, 0.1) is 0 Å². The largest absolute Gasteiger partial charge is 0.443 e. The normalized spacial score (nSPS) is 19.4. The van der Waals surface area contributed by atoms with Crippen LogP contribution in [-0.4, -0.2) is 55.2 Å². The SMILES string of the molecule is COC1N=CC(CN(C(=O)OC(C)(C)C)c2ccc(C=O)c(Cl)n2)=CC1F. The zero-order valence-corrected chi connectivity index (χ0v) is 16.2. The fourth-order valence-corrected chi connectivity index (χ4v) is 2.47. The van der Waals surface area contributed by atoms with Gasteiger partial charge in [0.2, 0.25) is 0 Å². The van der Waals surface area contributed by atoms with Crippen molar-refractivity contribution in [1.82, 2.24) is 4.98 Å². The van der Waals surface area contributed by atoms with E-state index in [0.717, 1.165) is 0 Å². The summed E-state index contributed by atoms with van der Waals surface area (Å²) >= 11 is 5.98. The van der Waals surface area contributed by atoms with E-state index in [1.807, 2.05) is 0 Å². The second kappa shape index (κ2) is 8.58. The Morgan fingerprint density at radius 2 is 2.11 bits per heavy atom. The average Bonchev–Trinajstić information content (AvgIpc) is 2.58. The molecule has 2 unspecified atom stereocenters. The molecule has 2 rings (SSSR count). The molecule has 1 aromatic heterocycles. The van der Waals surface area contributed by atoms with E-state index in [2.05, 4.69) is 9.98 Å². The summed E-state index contributed by atoms with van der Waals surface area (Å²) in [5, 5.41) is -0.0508. The number of aromatic nitrogens is 1. The maximum atomic E-state index is 14.1. The maximum absolute atomic E-state index is 14.1. The van der Waals surface area contributed by atoms with Gasteiger partial charge in [0.05, 0.1) is 12.1 Å². The minimum Gasteiger partial charge on any atom is -0.443 e. The first-order valence-corrected chi connectivity index (χ1v) is 8.55. The minimum absolute atomic E-state index is 0.0426. The number of nitrogens with zero attached hydrogens (tertiary/aromatic N) is 3. The van der Waals surface area contributed by atoms with Gasteiger partial charge in [0, 0.05) is 13.3 Å². The van der Waals surface area contributed by atoms with Gasteiger partial charge in [0.15, 0.2) is 18.7 Å².